The molecule has 0 spiro atoms. The number of nitrogens with one attached hydrogen (secondary N) is 2. The summed E-state index contributed by atoms with van der Waals surface area (Å²) in [6.45, 7) is 0.0755. The second-order valence-electron chi connectivity index (χ2n) is 5.59. The molecule has 0 radical (unpaired) electrons. The highest BCUT2D eigenvalue weighted by Gasteiger charge is 2.08. The molecule has 0 saturated heterocycles. The third-order valence-electron chi connectivity index (χ3n) is 3.72. The molecule has 0 bridgehead atoms. The Bertz CT molecular complexity index is 1060. The molecular weight excluding hydrogens is 387 g/mol. The molecule has 2 aromatic carbocycles. The van der Waals surface area contributed by atoms with E-state index < -0.39 is 5.56 Å². The summed E-state index contributed by atoms with van der Waals surface area (Å²) in [5.41, 5.74) is 3.56. The van der Waals surface area contributed by atoms with Crippen molar-refractivity contribution in [2.75, 3.05) is 12.5 Å². The fourth-order valence-electron chi connectivity index (χ4n) is 2.29. The van der Waals surface area contributed by atoms with Gasteiger partial charge in [0.1, 0.15) is 23.1 Å². The third-order valence-corrected chi connectivity index (χ3v) is 4.10. The first-order valence-electron chi connectivity index (χ1n) is 8.15. The highest BCUT2D eigenvalue weighted by Crippen LogP contribution is 2.28. The lowest BCUT2D eigenvalue weighted by molar-refractivity contribution is 0.279. The lowest BCUT2D eigenvalue weighted by Gasteiger charge is -2.11. The predicted octanol–water partition coefficient (Wildman–Crippen LogP) is 3.60. The maximum absolute atomic E-state index is 13.7. The second-order valence-corrected chi connectivity index (χ2v) is 5.97. The van der Waals surface area contributed by atoms with Gasteiger partial charge in [-0.2, -0.15) is 10.2 Å². The van der Waals surface area contributed by atoms with Gasteiger partial charge >= 0.3 is 0 Å². The Hall–Kier alpha value is -3.39. The van der Waals surface area contributed by atoms with Gasteiger partial charge in [-0.3, -0.25) is 10.2 Å². The molecule has 9 heteroatoms. The number of rotatable bonds is 7. The van der Waals surface area contributed by atoms with E-state index in [9.17, 15) is 9.18 Å². The summed E-state index contributed by atoms with van der Waals surface area (Å²) < 4.78 is 24.7. The highest BCUT2D eigenvalue weighted by atomic mass is 35.5. The summed E-state index contributed by atoms with van der Waals surface area (Å²) in [5, 5.41) is 9.84. The number of hydrogen-bond donors (Lipinski definition) is 2. The van der Waals surface area contributed by atoms with Crippen molar-refractivity contribution in [3.05, 3.63) is 81.0 Å². The molecule has 0 aliphatic heterocycles. The van der Waals surface area contributed by atoms with Gasteiger partial charge in [0, 0.05) is 5.56 Å². The molecule has 0 amide bonds. The van der Waals surface area contributed by atoms with Crippen molar-refractivity contribution in [3.8, 4) is 11.5 Å². The predicted molar refractivity (Wildman–Crippen MR) is 105 cm³/mol. The minimum atomic E-state index is -0.514. The summed E-state index contributed by atoms with van der Waals surface area (Å²) in [4.78, 5) is 11.4. The number of hydrogen-bond acceptors (Lipinski definition) is 6. The van der Waals surface area contributed by atoms with Crippen LogP contribution in [-0.2, 0) is 6.61 Å². The number of halogens is 2. The first-order chi connectivity index (χ1) is 13.6. The number of nitrogens with zero attached hydrogens (tertiary/aromatic N) is 2. The van der Waals surface area contributed by atoms with E-state index in [1.165, 1.54) is 25.6 Å². The molecule has 0 aliphatic rings. The molecule has 0 fully saturated rings. The maximum Gasteiger partial charge on any atom is 0.285 e. The smallest absolute Gasteiger partial charge is 0.285 e. The zero-order chi connectivity index (χ0) is 19.9. The van der Waals surface area contributed by atoms with Crippen LogP contribution in [-0.4, -0.2) is 23.5 Å². The molecule has 0 saturated carbocycles. The van der Waals surface area contributed by atoms with Crippen molar-refractivity contribution in [2.45, 2.75) is 6.61 Å². The maximum atomic E-state index is 13.7. The molecule has 0 aliphatic carbocycles. The molecule has 28 heavy (non-hydrogen) atoms. The fraction of sp³-hybridized carbons (Fsp3) is 0.105. The van der Waals surface area contributed by atoms with Crippen molar-refractivity contribution < 1.29 is 13.9 Å². The minimum Gasteiger partial charge on any atom is -0.493 e. The number of methoxy groups -OCH3 is 1. The molecule has 144 valence electrons. The van der Waals surface area contributed by atoms with Crippen LogP contribution in [0, 0.1) is 5.82 Å². The van der Waals surface area contributed by atoms with E-state index in [2.05, 4.69) is 20.7 Å². The fourth-order valence-corrected chi connectivity index (χ4v) is 2.43. The van der Waals surface area contributed by atoms with Crippen LogP contribution in [0.5, 0.6) is 11.5 Å². The van der Waals surface area contributed by atoms with Gasteiger partial charge in [-0.25, -0.2) is 9.49 Å². The Morgan fingerprint density at radius 2 is 2.11 bits per heavy atom. The number of hydrazone groups is 1. The van der Waals surface area contributed by atoms with Crippen molar-refractivity contribution in [2.24, 2.45) is 5.10 Å². The lowest BCUT2D eigenvalue weighted by atomic mass is 10.2. The average Bonchev–Trinajstić information content (AvgIpc) is 2.71. The van der Waals surface area contributed by atoms with Crippen LogP contribution in [0.25, 0.3) is 0 Å². The van der Waals surface area contributed by atoms with Crippen LogP contribution in [0.15, 0.2) is 58.6 Å². The number of anilines is 1. The quantitative estimate of drug-likeness (QED) is 0.465. The summed E-state index contributed by atoms with van der Waals surface area (Å²) in [7, 11) is 1.51. The van der Waals surface area contributed by atoms with Crippen molar-refractivity contribution in [1.82, 2.24) is 10.2 Å². The second kappa shape index (κ2) is 9.01. The summed E-state index contributed by atoms with van der Waals surface area (Å²) >= 11 is 5.86. The van der Waals surface area contributed by atoms with E-state index in [1.54, 1.807) is 36.4 Å². The highest BCUT2D eigenvalue weighted by molar-refractivity contribution is 6.32. The first-order valence-corrected chi connectivity index (χ1v) is 8.53. The monoisotopic (exact) mass is 402 g/mol. The average molecular weight is 403 g/mol. The molecule has 7 nitrogen and oxygen atoms in total. The Labute approximate surface area is 164 Å². The van der Waals surface area contributed by atoms with Gasteiger partial charge < -0.3 is 9.47 Å². The first kappa shape index (κ1) is 19.4. The van der Waals surface area contributed by atoms with Gasteiger partial charge in [0.2, 0.25) is 0 Å². The van der Waals surface area contributed by atoms with E-state index in [4.69, 9.17) is 21.1 Å². The van der Waals surface area contributed by atoms with Gasteiger partial charge in [-0.1, -0.05) is 29.8 Å². The van der Waals surface area contributed by atoms with E-state index in [-0.39, 0.29) is 23.1 Å². The SMILES string of the molecule is COc1cc(/C=N\Nc2cn[nH]c(=O)c2Cl)ccc1OCc1ccccc1F. The van der Waals surface area contributed by atoms with Crippen LogP contribution in [0.1, 0.15) is 11.1 Å². The zero-order valence-corrected chi connectivity index (χ0v) is 15.5. The minimum absolute atomic E-state index is 0.0402. The third kappa shape index (κ3) is 4.66. The van der Waals surface area contributed by atoms with E-state index >= 15 is 0 Å². The standard InChI is InChI=1S/C19H16ClFN4O3/c1-27-17-8-12(9-22-24-15-10-23-25-19(26)18(15)20)6-7-16(17)28-11-13-4-2-3-5-14(13)21/h2-10H,11H2,1H3,(H2,24,25,26)/b22-9-. The van der Waals surface area contributed by atoms with Crippen LogP contribution >= 0.6 is 11.6 Å². The van der Waals surface area contributed by atoms with Gasteiger partial charge in [-0.15, -0.1) is 0 Å². The van der Waals surface area contributed by atoms with Gasteiger partial charge in [-0.05, 0) is 29.8 Å². The number of ether oxygens (including phenoxy) is 2. The summed E-state index contributed by atoms with van der Waals surface area (Å²) in [5.74, 6) is 0.609. The van der Waals surface area contributed by atoms with Crippen molar-refractivity contribution in [3.63, 3.8) is 0 Å². The summed E-state index contributed by atoms with van der Waals surface area (Å²) in [6.07, 6.45) is 2.86. The number of aromatic amines is 1. The summed E-state index contributed by atoms with van der Waals surface area (Å²) in [6, 6.07) is 11.6. The van der Waals surface area contributed by atoms with E-state index in [0.29, 0.717) is 22.6 Å². The molecular formula is C19H16ClFN4O3. The molecule has 3 aromatic rings. The molecule has 1 aromatic heterocycles. The van der Waals surface area contributed by atoms with Crippen molar-refractivity contribution in [1.29, 1.82) is 0 Å². The normalized spacial score (nSPS) is 10.8. The number of H-pyrrole nitrogens is 1. The van der Waals surface area contributed by atoms with Crippen LogP contribution < -0.4 is 20.5 Å². The zero-order valence-electron chi connectivity index (χ0n) is 14.8. The van der Waals surface area contributed by atoms with Crippen LogP contribution in [0.2, 0.25) is 5.02 Å². The number of aromatic nitrogens is 2. The Morgan fingerprint density at radius 1 is 1.29 bits per heavy atom. The van der Waals surface area contributed by atoms with Gasteiger partial charge in [0.15, 0.2) is 11.5 Å². The molecule has 0 unspecified atom stereocenters. The van der Waals surface area contributed by atoms with Gasteiger partial charge in [0.05, 0.1) is 19.5 Å². The largest absolute Gasteiger partial charge is 0.493 e. The Morgan fingerprint density at radius 3 is 2.89 bits per heavy atom. The van der Waals surface area contributed by atoms with Gasteiger partial charge in [0.25, 0.3) is 5.56 Å². The molecule has 0 atom stereocenters. The Balaban J connectivity index is 1.69. The molecule has 1 heterocycles. The lowest BCUT2D eigenvalue weighted by Crippen LogP contribution is -2.10. The topological polar surface area (TPSA) is 88.6 Å². The van der Waals surface area contributed by atoms with E-state index in [0.717, 1.165) is 0 Å². The van der Waals surface area contributed by atoms with Crippen LogP contribution in [0.4, 0.5) is 10.1 Å². The molecule has 2 N–H and O–H groups in total. The molecule has 3 rings (SSSR count). The van der Waals surface area contributed by atoms with E-state index in [1.807, 2.05) is 0 Å². The Kier molecular flexibility index (Phi) is 6.23. The number of benzene rings is 2. The van der Waals surface area contributed by atoms with Crippen LogP contribution in [0.3, 0.4) is 0 Å². The van der Waals surface area contributed by atoms with Crippen molar-refractivity contribution >= 4 is 23.5 Å².